The predicted molar refractivity (Wildman–Crippen MR) is 88.5 cm³/mol. The first-order valence-electron chi connectivity index (χ1n) is 6.47. The summed E-state index contributed by atoms with van der Waals surface area (Å²) in [6.45, 7) is 0. The van der Waals surface area contributed by atoms with Gasteiger partial charge in [-0.15, -0.1) is 11.8 Å². The first-order valence-corrected chi connectivity index (χ1v) is 7.83. The van der Waals surface area contributed by atoms with Gasteiger partial charge in [0.15, 0.2) is 0 Å². The van der Waals surface area contributed by atoms with E-state index in [1.807, 2.05) is 12.1 Å². The molecule has 0 radical (unpaired) electrons. The summed E-state index contributed by atoms with van der Waals surface area (Å²) >= 11 is 7.37. The van der Waals surface area contributed by atoms with E-state index in [4.69, 9.17) is 11.6 Å². The molecule has 0 unspecified atom stereocenters. The molecule has 0 aliphatic heterocycles. The van der Waals surface area contributed by atoms with Crippen LogP contribution in [0.3, 0.4) is 0 Å². The zero-order valence-corrected chi connectivity index (χ0v) is 13.1. The minimum absolute atomic E-state index is 0.00343. The van der Waals surface area contributed by atoms with Crippen LogP contribution >= 0.6 is 23.4 Å². The van der Waals surface area contributed by atoms with Gasteiger partial charge in [0.25, 0.3) is 5.69 Å². The van der Waals surface area contributed by atoms with Gasteiger partial charge in [0.1, 0.15) is 0 Å². The highest BCUT2D eigenvalue weighted by atomic mass is 35.5. The Bertz CT molecular complexity index is 659. The van der Waals surface area contributed by atoms with E-state index in [1.165, 1.54) is 24.3 Å². The molecule has 0 saturated carbocycles. The maximum Gasteiger partial charge on any atom is 0.269 e. The number of amides is 1. The van der Waals surface area contributed by atoms with Crippen LogP contribution < -0.4 is 5.32 Å². The van der Waals surface area contributed by atoms with Gasteiger partial charge in [-0.2, -0.15) is 0 Å². The normalized spacial score (nSPS) is 10.2. The number of thioether (sulfide) groups is 1. The van der Waals surface area contributed by atoms with Gasteiger partial charge in [0.05, 0.1) is 4.92 Å². The molecule has 0 aliphatic rings. The second-order valence-electron chi connectivity index (χ2n) is 4.40. The number of hydrogen-bond acceptors (Lipinski definition) is 4. The number of anilines is 1. The fraction of sp³-hybridized carbons (Fsp3) is 0.133. The summed E-state index contributed by atoms with van der Waals surface area (Å²) in [4.78, 5) is 22.9. The molecule has 0 heterocycles. The van der Waals surface area contributed by atoms with Gasteiger partial charge in [-0.3, -0.25) is 14.9 Å². The zero-order valence-electron chi connectivity index (χ0n) is 11.5. The maximum absolute atomic E-state index is 11.8. The zero-order chi connectivity index (χ0) is 15.9. The number of benzene rings is 2. The Hall–Kier alpha value is -2.05. The monoisotopic (exact) mass is 336 g/mol. The quantitative estimate of drug-likeness (QED) is 0.483. The molecular formula is C15H13ClN2O3S. The summed E-state index contributed by atoms with van der Waals surface area (Å²) < 4.78 is 0. The first kappa shape index (κ1) is 16.3. The third kappa shape index (κ3) is 5.05. The molecule has 0 bridgehead atoms. The van der Waals surface area contributed by atoms with Crippen LogP contribution in [0.15, 0.2) is 53.4 Å². The lowest BCUT2D eigenvalue weighted by Crippen LogP contribution is -2.12. The fourth-order valence-corrected chi connectivity index (χ4v) is 2.66. The third-order valence-corrected chi connectivity index (χ3v) is 4.04. The van der Waals surface area contributed by atoms with Crippen LogP contribution in [-0.2, 0) is 4.79 Å². The van der Waals surface area contributed by atoms with Crippen LogP contribution in [0, 0.1) is 10.1 Å². The van der Waals surface area contributed by atoms with Crippen molar-refractivity contribution in [1.29, 1.82) is 0 Å². The number of nitrogens with one attached hydrogen (secondary N) is 1. The smallest absolute Gasteiger partial charge is 0.269 e. The topological polar surface area (TPSA) is 72.2 Å². The number of nitrogens with zero attached hydrogens (tertiary/aromatic N) is 1. The molecule has 7 heteroatoms. The molecule has 1 N–H and O–H groups in total. The van der Waals surface area contributed by atoms with Gasteiger partial charge in [0.2, 0.25) is 5.91 Å². The molecule has 2 aromatic rings. The van der Waals surface area contributed by atoms with E-state index in [1.54, 1.807) is 23.9 Å². The second kappa shape index (κ2) is 7.82. The van der Waals surface area contributed by atoms with Crippen molar-refractivity contribution in [2.24, 2.45) is 0 Å². The van der Waals surface area contributed by atoms with Gasteiger partial charge < -0.3 is 5.32 Å². The summed E-state index contributed by atoms with van der Waals surface area (Å²) in [5.74, 6) is 0.510. The summed E-state index contributed by atoms with van der Waals surface area (Å²) in [5.41, 5.74) is 0.545. The van der Waals surface area contributed by atoms with Crippen LogP contribution in [-0.4, -0.2) is 16.6 Å². The maximum atomic E-state index is 11.8. The van der Waals surface area contributed by atoms with Gasteiger partial charge in [-0.1, -0.05) is 11.6 Å². The molecule has 0 aliphatic carbocycles. The molecule has 2 aromatic carbocycles. The lowest BCUT2D eigenvalue weighted by Gasteiger charge is -2.05. The molecule has 0 fully saturated rings. The third-order valence-electron chi connectivity index (χ3n) is 2.77. The summed E-state index contributed by atoms with van der Waals surface area (Å²) in [6.07, 6.45) is 0.351. The minimum atomic E-state index is -0.478. The standard InChI is InChI=1S/C15H13ClN2O3S/c16-11-1-7-14(8-2-11)22-10-9-15(19)17-12-3-5-13(6-4-12)18(20)21/h1-8H,9-10H2,(H,17,19). The molecule has 22 heavy (non-hydrogen) atoms. The van der Waals surface area contributed by atoms with Gasteiger partial charge in [0, 0.05) is 39.9 Å². The molecule has 0 spiro atoms. The Kier molecular flexibility index (Phi) is 5.80. The molecular weight excluding hydrogens is 324 g/mol. The molecule has 5 nitrogen and oxygen atoms in total. The van der Waals surface area contributed by atoms with Gasteiger partial charge in [-0.05, 0) is 36.4 Å². The van der Waals surface area contributed by atoms with Crippen LogP contribution in [0.5, 0.6) is 0 Å². The van der Waals surface area contributed by atoms with Crippen molar-refractivity contribution in [2.75, 3.05) is 11.1 Å². The molecule has 1 amide bonds. The van der Waals surface area contributed by atoms with Crippen LogP contribution in [0.2, 0.25) is 5.02 Å². The molecule has 0 atom stereocenters. The number of halogens is 1. The number of non-ortho nitro benzene ring substituents is 1. The van der Waals surface area contributed by atoms with Crippen molar-refractivity contribution in [1.82, 2.24) is 0 Å². The van der Waals surface area contributed by atoms with Crippen LogP contribution in [0.25, 0.3) is 0 Å². The van der Waals surface area contributed by atoms with Crippen molar-refractivity contribution >= 4 is 40.6 Å². The molecule has 114 valence electrons. The van der Waals surface area contributed by atoms with Gasteiger partial charge in [-0.25, -0.2) is 0 Å². The Morgan fingerprint density at radius 2 is 1.77 bits per heavy atom. The molecule has 2 rings (SSSR count). The van der Waals surface area contributed by atoms with Crippen molar-refractivity contribution < 1.29 is 9.72 Å². The minimum Gasteiger partial charge on any atom is -0.326 e. The highest BCUT2D eigenvalue weighted by Gasteiger charge is 2.06. The van der Waals surface area contributed by atoms with Crippen molar-refractivity contribution in [3.63, 3.8) is 0 Å². The number of carbonyl (C=O) groups is 1. The van der Waals surface area contributed by atoms with E-state index in [9.17, 15) is 14.9 Å². The number of hydrogen-bond donors (Lipinski definition) is 1. The first-order chi connectivity index (χ1) is 10.5. The van der Waals surface area contributed by atoms with E-state index in [-0.39, 0.29) is 11.6 Å². The summed E-state index contributed by atoms with van der Waals surface area (Å²) in [6, 6.07) is 13.2. The summed E-state index contributed by atoms with van der Waals surface area (Å²) in [7, 11) is 0. The number of nitro benzene ring substituents is 1. The average molecular weight is 337 g/mol. The molecule has 0 saturated heterocycles. The molecule has 0 aromatic heterocycles. The number of carbonyl (C=O) groups excluding carboxylic acids is 1. The average Bonchev–Trinajstić information content (AvgIpc) is 2.50. The van der Waals surface area contributed by atoms with E-state index >= 15 is 0 Å². The number of rotatable bonds is 6. The van der Waals surface area contributed by atoms with Crippen LogP contribution in [0.1, 0.15) is 6.42 Å². The Balaban J connectivity index is 1.77. The van der Waals surface area contributed by atoms with Crippen molar-refractivity contribution in [3.05, 3.63) is 63.7 Å². The summed E-state index contributed by atoms with van der Waals surface area (Å²) in [5, 5.41) is 13.9. The van der Waals surface area contributed by atoms with E-state index in [2.05, 4.69) is 5.32 Å². The fourth-order valence-electron chi connectivity index (χ4n) is 1.68. The lowest BCUT2D eigenvalue weighted by atomic mass is 10.3. The Morgan fingerprint density at radius 3 is 2.36 bits per heavy atom. The van der Waals surface area contributed by atoms with Gasteiger partial charge >= 0.3 is 0 Å². The van der Waals surface area contributed by atoms with E-state index < -0.39 is 4.92 Å². The van der Waals surface area contributed by atoms with Crippen molar-refractivity contribution in [3.8, 4) is 0 Å². The number of nitro groups is 1. The van der Waals surface area contributed by atoms with E-state index in [0.29, 0.717) is 22.9 Å². The van der Waals surface area contributed by atoms with Crippen LogP contribution in [0.4, 0.5) is 11.4 Å². The largest absolute Gasteiger partial charge is 0.326 e. The highest BCUT2D eigenvalue weighted by Crippen LogP contribution is 2.21. The second-order valence-corrected chi connectivity index (χ2v) is 6.01. The Labute approximate surface area is 136 Å². The van der Waals surface area contributed by atoms with E-state index in [0.717, 1.165) is 4.90 Å². The SMILES string of the molecule is O=C(CCSc1ccc(Cl)cc1)Nc1ccc([N+](=O)[O-])cc1. The lowest BCUT2D eigenvalue weighted by molar-refractivity contribution is -0.384. The van der Waals surface area contributed by atoms with Crippen molar-refractivity contribution in [2.45, 2.75) is 11.3 Å². The predicted octanol–water partition coefficient (Wildman–Crippen LogP) is 4.37. The highest BCUT2D eigenvalue weighted by molar-refractivity contribution is 7.99. The Morgan fingerprint density at radius 1 is 1.14 bits per heavy atom.